The Morgan fingerprint density at radius 3 is 2.59 bits per heavy atom. The lowest BCUT2D eigenvalue weighted by atomic mass is 9.77. The molecule has 1 aliphatic carbocycles. The Bertz CT molecular complexity index is 845. The number of aromatic amines is 2. The molecule has 0 amide bonds. The largest absolute Gasteiger partial charge is 0.343 e. The van der Waals surface area contributed by atoms with E-state index >= 15 is 0 Å². The molecule has 2 aliphatic rings. The number of hydrogen-bond donors (Lipinski definition) is 3. The van der Waals surface area contributed by atoms with Crippen LogP contribution >= 0.6 is 0 Å². The zero-order valence-corrected chi connectivity index (χ0v) is 11.7. The Morgan fingerprint density at radius 2 is 1.82 bits per heavy atom. The van der Waals surface area contributed by atoms with Crippen LogP contribution in [0.15, 0.2) is 40.3 Å². The highest BCUT2D eigenvalue weighted by molar-refractivity contribution is 6.00. The van der Waals surface area contributed by atoms with Crippen molar-refractivity contribution in [3.63, 3.8) is 0 Å². The standard InChI is InChI=1S/C16H14FN3O2/c17-9-6-4-8(5-7-9)12-13-10(2-1-3-11(13)21)18-15-14(12)16(22)20-19-15/h4-7,12H,1-3H2,(H3,18,19,20,22). The maximum atomic E-state index is 13.2. The van der Waals surface area contributed by atoms with Crippen LogP contribution in [0.25, 0.3) is 0 Å². The molecule has 3 N–H and O–H groups in total. The molecule has 1 unspecified atom stereocenters. The fourth-order valence-corrected chi connectivity index (χ4v) is 3.35. The lowest BCUT2D eigenvalue weighted by Gasteiger charge is -2.31. The molecule has 2 heterocycles. The fourth-order valence-electron chi connectivity index (χ4n) is 3.35. The number of rotatable bonds is 1. The van der Waals surface area contributed by atoms with Gasteiger partial charge in [-0.25, -0.2) is 4.39 Å². The number of nitrogens with one attached hydrogen (secondary N) is 3. The van der Waals surface area contributed by atoms with E-state index in [1.165, 1.54) is 12.1 Å². The molecule has 0 bridgehead atoms. The highest BCUT2D eigenvalue weighted by Crippen LogP contribution is 2.42. The third-order valence-corrected chi connectivity index (χ3v) is 4.33. The topological polar surface area (TPSA) is 77.8 Å². The zero-order chi connectivity index (χ0) is 15.3. The Kier molecular flexibility index (Phi) is 2.79. The van der Waals surface area contributed by atoms with Gasteiger partial charge in [0.15, 0.2) is 5.78 Å². The van der Waals surface area contributed by atoms with E-state index in [-0.39, 0.29) is 17.2 Å². The summed E-state index contributed by atoms with van der Waals surface area (Å²) < 4.78 is 13.2. The summed E-state index contributed by atoms with van der Waals surface area (Å²) in [5.74, 6) is -0.151. The minimum Gasteiger partial charge on any atom is -0.343 e. The minimum absolute atomic E-state index is 0.0503. The maximum absolute atomic E-state index is 13.2. The van der Waals surface area contributed by atoms with Crippen molar-refractivity contribution in [1.29, 1.82) is 0 Å². The van der Waals surface area contributed by atoms with Crippen LogP contribution in [0.2, 0.25) is 0 Å². The number of benzene rings is 1. The summed E-state index contributed by atoms with van der Waals surface area (Å²) in [6.45, 7) is 0. The van der Waals surface area contributed by atoms with Crippen molar-refractivity contribution in [2.45, 2.75) is 25.2 Å². The lowest BCUT2D eigenvalue weighted by Crippen LogP contribution is -2.29. The van der Waals surface area contributed by atoms with Crippen LogP contribution in [0.4, 0.5) is 10.2 Å². The predicted octanol–water partition coefficient (Wildman–Crippen LogP) is 2.41. The van der Waals surface area contributed by atoms with Crippen molar-refractivity contribution in [3.05, 3.63) is 62.8 Å². The Morgan fingerprint density at radius 1 is 1.05 bits per heavy atom. The summed E-state index contributed by atoms with van der Waals surface area (Å²) in [5.41, 5.74) is 2.46. The zero-order valence-electron chi connectivity index (χ0n) is 11.7. The van der Waals surface area contributed by atoms with Crippen molar-refractivity contribution in [3.8, 4) is 0 Å². The van der Waals surface area contributed by atoms with Crippen molar-refractivity contribution >= 4 is 11.6 Å². The van der Waals surface area contributed by atoms with Gasteiger partial charge in [-0.15, -0.1) is 0 Å². The Labute approximate surface area is 125 Å². The fraction of sp³-hybridized carbons (Fsp3) is 0.250. The van der Waals surface area contributed by atoms with Crippen molar-refractivity contribution < 1.29 is 9.18 Å². The van der Waals surface area contributed by atoms with Gasteiger partial charge in [0.05, 0.1) is 5.56 Å². The number of carbonyl (C=O) groups is 1. The van der Waals surface area contributed by atoms with E-state index < -0.39 is 5.92 Å². The summed E-state index contributed by atoms with van der Waals surface area (Å²) in [5, 5.41) is 8.54. The Hall–Kier alpha value is -2.63. The van der Waals surface area contributed by atoms with Crippen LogP contribution < -0.4 is 10.9 Å². The second-order valence-corrected chi connectivity index (χ2v) is 5.65. The molecule has 5 nitrogen and oxygen atoms in total. The van der Waals surface area contributed by atoms with Gasteiger partial charge in [0.2, 0.25) is 0 Å². The van der Waals surface area contributed by atoms with Gasteiger partial charge < -0.3 is 5.32 Å². The summed E-state index contributed by atoms with van der Waals surface area (Å²) in [6, 6.07) is 5.97. The number of hydrogen-bond acceptors (Lipinski definition) is 3. The highest BCUT2D eigenvalue weighted by Gasteiger charge is 2.37. The molecule has 6 heteroatoms. The maximum Gasteiger partial charge on any atom is 0.270 e. The van der Waals surface area contributed by atoms with Gasteiger partial charge in [-0.3, -0.25) is 19.8 Å². The van der Waals surface area contributed by atoms with Gasteiger partial charge in [-0.2, -0.15) is 0 Å². The Balaban J connectivity index is 1.96. The lowest BCUT2D eigenvalue weighted by molar-refractivity contribution is -0.116. The van der Waals surface area contributed by atoms with Crippen LogP contribution in [-0.4, -0.2) is 16.0 Å². The number of ketones is 1. The molecule has 0 saturated heterocycles. The number of carbonyl (C=O) groups excluding carboxylic acids is 1. The van der Waals surface area contributed by atoms with Gasteiger partial charge in [0.1, 0.15) is 11.6 Å². The number of Topliss-reactive ketones (excluding diaryl/α,β-unsaturated/α-hetero) is 1. The summed E-state index contributed by atoms with van der Waals surface area (Å²) in [4.78, 5) is 24.6. The van der Waals surface area contributed by atoms with E-state index in [2.05, 4.69) is 15.5 Å². The van der Waals surface area contributed by atoms with E-state index in [1.807, 2.05) is 0 Å². The number of halogens is 1. The van der Waals surface area contributed by atoms with Gasteiger partial charge in [-0.1, -0.05) is 12.1 Å². The predicted molar refractivity (Wildman–Crippen MR) is 79.2 cm³/mol. The first kappa shape index (κ1) is 13.1. The van der Waals surface area contributed by atoms with Crippen LogP contribution in [-0.2, 0) is 4.79 Å². The molecule has 22 heavy (non-hydrogen) atoms. The van der Waals surface area contributed by atoms with Crippen LogP contribution in [0.1, 0.15) is 36.3 Å². The molecule has 0 spiro atoms. The summed E-state index contributed by atoms with van der Waals surface area (Å²) in [6.07, 6.45) is 2.05. The first-order chi connectivity index (χ1) is 10.6. The minimum atomic E-state index is -0.449. The van der Waals surface area contributed by atoms with E-state index in [1.54, 1.807) is 12.1 Å². The van der Waals surface area contributed by atoms with E-state index in [0.717, 1.165) is 24.1 Å². The average molecular weight is 299 g/mol. The number of aromatic nitrogens is 2. The third-order valence-electron chi connectivity index (χ3n) is 4.33. The quantitative estimate of drug-likeness (QED) is 0.756. The van der Waals surface area contributed by atoms with Crippen molar-refractivity contribution in [2.24, 2.45) is 0 Å². The number of H-pyrrole nitrogens is 2. The first-order valence-corrected chi connectivity index (χ1v) is 7.24. The molecule has 0 radical (unpaired) electrons. The van der Waals surface area contributed by atoms with E-state index in [0.29, 0.717) is 23.4 Å². The highest BCUT2D eigenvalue weighted by atomic mass is 19.1. The molecule has 0 saturated carbocycles. The third kappa shape index (κ3) is 1.83. The number of anilines is 1. The van der Waals surface area contributed by atoms with Crippen molar-refractivity contribution in [2.75, 3.05) is 5.32 Å². The molecule has 4 rings (SSSR count). The smallest absolute Gasteiger partial charge is 0.270 e. The van der Waals surface area contributed by atoms with Crippen LogP contribution in [0.3, 0.4) is 0 Å². The monoisotopic (exact) mass is 299 g/mol. The van der Waals surface area contributed by atoms with Crippen LogP contribution in [0, 0.1) is 5.82 Å². The van der Waals surface area contributed by atoms with E-state index in [9.17, 15) is 14.0 Å². The van der Waals surface area contributed by atoms with Crippen molar-refractivity contribution in [1.82, 2.24) is 10.2 Å². The summed E-state index contributed by atoms with van der Waals surface area (Å²) >= 11 is 0. The van der Waals surface area contributed by atoms with E-state index in [4.69, 9.17) is 0 Å². The average Bonchev–Trinajstić information content (AvgIpc) is 2.88. The van der Waals surface area contributed by atoms with Gasteiger partial charge in [0.25, 0.3) is 5.56 Å². The SMILES string of the molecule is O=C1CCCC2=C1C(c1ccc(F)cc1)c1c([nH][nH]c1=O)N2. The molecule has 1 aromatic carbocycles. The second kappa shape index (κ2) is 4.69. The summed E-state index contributed by atoms with van der Waals surface area (Å²) in [7, 11) is 0. The molecular formula is C16H14FN3O2. The number of fused-ring (bicyclic) bond motifs is 1. The molecule has 1 aromatic heterocycles. The van der Waals surface area contributed by atoms with Gasteiger partial charge in [0, 0.05) is 23.6 Å². The molecular weight excluding hydrogens is 285 g/mol. The normalized spacial score (nSPS) is 20.4. The van der Waals surface area contributed by atoms with Gasteiger partial charge in [-0.05, 0) is 30.5 Å². The number of allylic oxidation sites excluding steroid dienone is 2. The van der Waals surface area contributed by atoms with Crippen LogP contribution in [0.5, 0.6) is 0 Å². The molecule has 2 aromatic rings. The molecule has 112 valence electrons. The molecule has 1 atom stereocenters. The van der Waals surface area contributed by atoms with Gasteiger partial charge >= 0.3 is 0 Å². The molecule has 0 fully saturated rings. The molecule has 1 aliphatic heterocycles. The first-order valence-electron chi connectivity index (χ1n) is 7.24. The second-order valence-electron chi connectivity index (χ2n) is 5.65.